The minimum absolute atomic E-state index is 0.253. The number of nitrogens with two attached hydrogens (primary N) is 1. The first kappa shape index (κ1) is 13.1. The maximum absolute atomic E-state index is 13.2. The molecular weight excluding hydrogens is 255 g/mol. The van der Waals surface area contributed by atoms with Crippen LogP contribution in [0.1, 0.15) is 6.42 Å². The van der Waals surface area contributed by atoms with Crippen molar-refractivity contribution < 1.29 is 19.1 Å². The molecule has 1 amide bonds. The van der Waals surface area contributed by atoms with Gasteiger partial charge in [-0.3, -0.25) is 4.79 Å². The molecular formula is C8H8ClFN4O3. The lowest BCUT2D eigenvalue weighted by Crippen LogP contribution is -2.34. The second kappa shape index (κ2) is 5.39. The first-order chi connectivity index (χ1) is 7.90. The fourth-order valence-corrected chi connectivity index (χ4v) is 1.15. The van der Waals surface area contributed by atoms with Crippen LogP contribution < -0.4 is 11.1 Å². The van der Waals surface area contributed by atoms with E-state index in [4.69, 9.17) is 22.4 Å². The van der Waals surface area contributed by atoms with Crippen LogP contribution in [0, 0.1) is 5.82 Å². The van der Waals surface area contributed by atoms with Gasteiger partial charge in [0.15, 0.2) is 11.6 Å². The molecule has 0 aromatic carbocycles. The second-order valence-electron chi connectivity index (χ2n) is 3.04. The van der Waals surface area contributed by atoms with Gasteiger partial charge in [0.2, 0.25) is 11.2 Å². The molecule has 7 nitrogen and oxygen atoms in total. The van der Waals surface area contributed by atoms with E-state index in [9.17, 15) is 14.0 Å². The van der Waals surface area contributed by atoms with E-state index in [0.717, 1.165) is 6.20 Å². The molecule has 0 fully saturated rings. The van der Waals surface area contributed by atoms with Crippen LogP contribution in [0.5, 0.6) is 0 Å². The van der Waals surface area contributed by atoms with Crippen molar-refractivity contribution in [2.24, 2.45) is 5.73 Å². The number of aromatic nitrogens is 2. The molecule has 0 unspecified atom stereocenters. The standard InChI is InChI=1S/C8H8ClFN4O3/c9-8-12-2-3(10)6(14-8)13-4(7(16)17)1-5(11)15/h2,4H,1H2,(H2,11,15)(H,16,17)(H,12,13,14)/t4-/m1/s1. The molecule has 0 saturated carbocycles. The summed E-state index contributed by atoms with van der Waals surface area (Å²) in [6.07, 6.45) is 0.275. The molecule has 0 aliphatic carbocycles. The van der Waals surface area contributed by atoms with Gasteiger partial charge >= 0.3 is 5.97 Å². The molecule has 17 heavy (non-hydrogen) atoms. The molecule has 0 bridgehead atoms. The molecule has 0 spiro atoms. The van der Waals surface area contributed by atoms with E-state index in [1.165, 1.54) is 0 Å². The Morgan fingerprint density at radius 1 is 1.65 bits per heavy atom. The van der Waals surface area contributed by atoms with Crippen LogP contribution in [0.2, 0.25) is 5.28 Å². The van der Waals surface area contributed by atoms with Crippen LogP contribution in [0.15, 0.2) is 6.20 Å². The Labute approximate surface area is 99.8 Å². The summed E-state index contributed by atoms with van der Waals surface area (Å²) in [5.74, 6) is -3.49. The van der Waals surface area contributed by atoms with Crippen molar-refractivity contribution in [1.82, 2.24) is 9.97 Å². The summed E-state index contributed by atoms with van der Waals surface area (Å²) in [5, 5.41) is 10.7. The van der Waals surface area contributed by atoms with E-state index >= 15 is 0 Å². The van der Waals surface area contributed by atoms with E-state index in [1.54, 1.807) is 0 Å². The predicted molar refractivity (Wildman–Crippen MR) is 55.9 cm³/mol. The molecule has 4 N–H and O–H groups in total. The van der Waals surface area contributed by atoms with Crippen LogP contribution in [-0.2, 0) is 9.59 Å². The third-order valence-electron chi connectivity index (χ3n) is 1.73. The highest BCUT2D eigenvalue weighted by Crippen LogP contribution is 2.14. The number of carboxylic acid groups (broad SMARTS) is 1. The van der Waals surface area contributed by atoms with Crippen LogP contribution >= 0.6 is 11.6 Å². The van der Waals surface area contributed by atoms with Gasteiger partial charge < -0.3 is 16.2 Å². The minimum Gasteiger partial charge on any atom is -0.480 e. The summed E-state index contributed by atoms with van der Waals surface area (Å²) >= 11 is 5.42. The zero-order chi connectivity index (χ0) is 13.0. The Kier molecular flexibility index (Phi) is 4.16. The lowest BCUT2D eigenvalue weighted by atomic mass is 10.2. The third kappa shape index (κ3) is 3.83. The van der Waals surface area contributed by atoms with Gasteiger partial charge in [0.1, 0.15) is 6.04 Å². The SMILES string of the molecule is NC(=O)C[C@@H](Nc1nc(Cl)ncc1F)C(=O)O. The number of nitrogens with zero attached hydrogens (tertiary/aromatic N) is 2. The van der Waals surface area contributed by atoms with Gasteiger partial charge in [0.05, 0.1) is 12.6 Å². The highest BCUT2D eigenvalue weighted by molar-refractivity contribution is 6.28. The smallest absolute Gasteiger partial charge is 0.326 e. The summed E-state index contributed by atoms with van der Waals surface area (Å²) in [5.41, 5.74) is 4.86. The molecule has 92 valence electrons. The fraction of sp³-hybridized carbons (Fsp3) is 0.250. The van der Waals surface area contributed by atoms with E-state index in [2.05, 4.69) is 15.3 Å². The molecule has 1 aromatic heterocycles. The van der Waals surface area contributed by atoms with Crippen LogP contribution in [0.3, 0.4) is 0 Å². The van der Waals surface area contributed by atoms with E-state index in [-0.39, 0.29) is 5.28 Å². The van der Waals surface area contributed by atoms with Crippen LogP contribution in [-0.4, -0.2) is 33.0 Å². The maximum Gasteiger partial charge on any atom is 0.326 e. The van der Waals surface area contributed by atoms with Crippen LogP contribution in [0.4, 0.5) is 10.2 Å². The largest absolute Gasteiger partial charge is 0.480 e. The van der Waals surface area contributed by atoms with Gasteiger partial charge in [-0.15, -0.1) is 0 Å². The molecule has 1 aromatic rings. The Balaban J connectivity index is 2.89. The Morgan fingerprint density at radius 3 is 2.82 bits per heavy atom. The number of primary amides is 1. The van der Waals surface area contributed by atoms with Crippen LogP contribution in [0.25, 0.3) is 0 Å². The highest BCUT2D eigenvalue weighted by atomic mass is 35.5. The molecule has 0 aliphatic rings. The minimum atomic E-state index is -1.38. The topological polar surface area (TPSA) is 118 Å². The number of aliphatic carboxylic acids is 1. The number of hydrogen-bond donors (Lipinski definition) is 3. The van der Waals surface area contributed by atoms with Crippen molar-refractivity contribution in [3.05, 3.63) is 17.3 Å². The highest BCUT2D eigenvalue weighted by Gasteiger charge is 2.21. The number of hydrogen-bond acceptors (Lipinski definition) is 5. The van der Waals surface area contributed by atoms with Crippen molar-refractivity contribution in [3.63, 3.8) is 0 Å². The van der Waals surface area contributed by atoms with Gasteiger partial charge in [-0.25, -0.2) is 14.2 Å². The molecule has 1 heterocycles. The number of nitrogens with one attached hydrogen (secondary N) is 1. The van der Waals surface area contributed by atoms with Gasteiger partial charge in [0, 0.05) is 0 Å². The van der Waals surface area contributed by atoms with Gasteiger partial charge in [0.25, 0.3) is 0 Å². The average molecular weight is 263 g/mol. The maximum atomic E-state index is 13.2. The van der Waals surface area contributed by atoms with Crippen molar-refractivity contribution >= 4 is 29.3 Å². The number of rotatable bonds is 5. The van der Waals surface area contributed by atoms with Gasteiger partial charge in [-0.1, -0.05) is 0 Å². The predicted octanol–water partition coefficient (Wildman–Crippen LogP) is 0.00960. The zero-order valence-electron chi connectivity index (χ0n) is 8.35. The lowest BCUT2D eigenvalue weighted by Gasteiger charge is -2.13. The average Bonchev–Trinajstić information content (AvgIpc) is 2.21. The Morgan fingerprint density at radius 2 is 2.29 bits per heavy atom. The first-order valence-electron chi connectivity index (χ1n) is 4.36. The monoisotopic (exact) mass is 262 g/mol. The summed E-state index contributed by atoms with van der Waals surface area (Å²) in [4.78, 5) is 28.2. The fourth-order valence-electron chi connectivity index (χ4n) is 1.01. The number of anilines is 1. The Hall–Kier alpha value is -1.96. The van der Waals surface area contributed by atoms with E-state index in [1.807, 2.05) is 0 Å². The second-order valence-corrected chi connectivity index (χ2v) is 3.38. The molecule has 0 aliphatic heterocycles. The number of carbonyl (C=O) groups is 2. The van der Waals surface area contributed by atoms with Gasteiger partial charge in [-0.2, -0.15) is 4.98 Å². The molecule has 1 atom stereocenters. The van der Waals surface area contributed by atoms with Crippen molar-refractivity contribution in [3.8, 4) is 0 Å². The number of carboxylic acids is 1. The summed E-state index contributed by atoms with van der Waals surface area (Å²) in [7, 11) is 0. The van der Waals surface area contributed by atoms with E-state index in [0.29, 0.717) is 0 Å². The molecule has 1 rings (SSSR count). The first-order valence-corrected chi connectivity index (χ1v) is 4.73. The van der Waals surface area contributed by atoms with Crippen molar-refractivity contribution in [1.29, 1.82) is 0 Å². The Bertz CT molecular complexity index is 456. The van der Waals surface area contributed by atoms with Crippen molar-refractivity contribution in [2.45, 2.75) is 12.5 Å². The van der Waals surface area contributed by atoms with Gasteiger partial charge in [-0.05, 0) is 11.6 Å². The normalized spacial score (nSPS) is 11.9. The number of amides is 1. The zero-order valence-corrected chi connectivity index (χ0v) is 9.11. The molecule has 0 radical (unpaired) electrons. The quantitative estimate of drug-likeness (QED) is 0.643. The molecule has 9 heteroatoms. The van der Waals surface area contributed by atoms with Crippen molar-refractivity contribution in [2.75, 3.05) is 5.32 Å². The lowest BCUT2D eigenvalue weighted by molar-refractivity contribution is -0.139. The summed E-state index contributed by atoms with van der Waals surface area (Å²) in [6.45, 7) is 0. The van der Waals surface area contributed by atoms with E-state index < -0.39 is 36.0 Å². The summed E-state index contributed by atoms with van der Waals surface area (Å²) in [6, 6.07) is -1.38. The summed E-state index contributed by atoms with van der Waals surface area (Å²) < 4.78 is 13.2. The number of carbonyl (C=O) groups excluding carboxylic acids is 1. The third-order valence-corrected chi connectivity index (χ3v) is 1.91. The molecule has 0 saturated heterocycles. The number of halogens is 2.